The minimum absolute atomic E-state index is 0. The summed E-state index contributed by atoms with van der Waals surface area (Å²) in [5, 5.41) is 4.98. The molecule has 1 aliphatic rings. The molecule has 2 N–H and O–H groups in total. The second kappa shape index (κ2) is 4.89. The molecule has 0 unspecified atom stereocenters. The topological polar surface area (TPSA) is 27.8 Å². The van der Waals surface area contributed by atoms with Gasteiger partial charge in [-0.3, -0.25) is 0 Å². The average Bonchev–Trinajstić information content (AvgIpc) is 2.78. The summed E-state index contributed by atoms with van der Waals surface area (Å²) >= 11 is 0. The molecule has 86 valence electrons. The van der Waals surface area contributed by atoms with Crippen molar-refractivity contribution in [3.8, 4) is 0 Å². The zero-order chi connectivity index (χ0) is 10.1. The molecular weight excluding hydrogens is 220 g/mol. The van der Waals surface area contributed by atoms with Gasteiger partial charge >= 0.3 is 0 Å². The zero-order valence-corrected chi connectivity index (χ0v) is 10.0. The van der Waals surface area contributed by atoms with Gasteiger partial charge in [0.2, 0.25) is 0 Å². The number of hydrogen-bond acceptors (Lipinski definition) is 1. The van der Waals surface area contributed by atoms with Crippen molar-refractivity contribution in [3.63, 3.8) is 0 Å². The Morgan fingerprint density at radius 2 is 2.06 bits per heavy atom. The number of hydrogen-bond donors (Lipinski definition) is 2. The number of fused-ring (bicyclic) bond motifs is 1. The fraction of sp³-hybridized carbons (Fsp3) is 0.385. The molecule has 3 rings (SSSR count). The van der Waals surface area contributed by atoms with Gasteiger partial charge in [-0.25, -0.2) is 0 Å². The van der Waals surface area contributed by atoms with E-state index in [0.717, 1.165) is 6.54 Å². The van der Waals surface area contributed by atoms with E-state index in [2.05, 4.69) is 34.6 Å². The van der Waals surface area contributed by atoms with Crippen LogP contribution in [0.4, 0.5) is 0 Å². The summed E-state index contributed by atoms with van der Waals surface area (Å²) < 4.78 is 0. The summed E-state index contributed by atoms with van der Waals surface area (Å²) in [6.07, 6.45) is 5.96. The van der Waals surface area contributed by atoms with E-state index in [1.165, 1.54) is 35.7 Å². The third kappa shape index (κ3) is 1.95. The lowest BCUT2D eigenvalue weighted by molar-refractivity contribution is 0.414. The zero-order valence-electron chi connectivity index (χ0n) is 9.20. The van der Waals surface area contributed by atoms with Crippen molar-refractivity contribution >= 4 is 23.3 Å². The predicted molar refractivity (Wildman–Crippen MR) is 70.1 cm³/mol. The van der Waals surface area contributed by atoms with Crippen molar-refractivity contribution < 1.29 is 0 Å². The lowest BCUT2D eigenvalue weighted by Gasteiger charge is -2.24. The summed E-state index contributed by atoms with van der Waals surface area (Å²) in [5.41, 5.74) is 2.70. The maximum Gasteiger partial charge on any atom is 0.0457 e. The van der Waals surface area contributed by atoms with Gasteiger partial charge < -0.3 is 10.3 Å². The second-order valence-corrected chi connectivity index (χ2v) is 4.29. The van der Waals surface area contributed by atoms with Crippen LogP contribution < -0.4 is 5.32 Å². The van der Waals surface area contributed by atoms with E-state index in [0.29, 0.717) is 6.04 Å². The van der Waals surface area contributed by atoms with Crippen molar-refractivity contribution in [2.45, 2.75) is 25.3 Å². The van der Waals surface area contributed by atoms with E-state index >= 15 is 0 Å². The Morgan fingerprint density at radius 3 is 2.88 bits per heavy atom. The quantitative estimate of drug-likeness (QED) is 0.781. The second-order valence-electron chi connectivity index (χ2n) is 4.29. The highest BCUT2D eigenvalue weighted by Crippen LogP contribution is 2.28. The standard InChI is InChI=1S/C13H16N2.ClH/c1-2-8-14-12(5-1)10-4-3-6-13-11(10)7-9-15-13;/h3-4,6-7,9,12,14-15H,1-2,5,8H2;1H/t12-;/m1./s1. The number of halogens is 1. The number of nitrogens with one attached hydrogen (secondary N) is 2. The number of benzene rings is 1. The summed E-state index contributed by atoms with van der Waals surface area (Å²) in [4.78, 5) is 3.27. The Kier molecular flexibility index (Phi) is 3.52. The van der Waals surface area contributed by atoms with Gasteiger partial charge in [-0.15, -0.1) is 12.4 Å². The van der Waals surface area contributed by atoms with Gasteiger partial charge in [0.05, 0.1) is 0 Å². The molecular formula is C13H17ClN2. The SMILES string of the molecule is Cl.c1cc([C@H]2CCCCN2)c2cc[nH]c2c1. The fourth-order valence-corrected chi connectivity index (χ4v) is 2.53. The van der Waals surface area contributed by atoms with Gasteiger partial charge in [0.25, 0.3) is 0 Å². The van der Waals surface area contributed by atoms with Gasteiger partial charge in [0.1, 0.15) is 0 Å². The molecule has 0 amide bonds. The van der Waals surface area contributed by atoms with Crippen LogP contribution in [0.2, 0.25) is 0 Å². The first-order valence-corrected chi connectivity index (χ1v) is 5.74. The molecule has 0 spiro atoms. The summed E-state index contributed by atoms with van der Waals surface area (Å²) in [7, 11) is 0. The average molecular weight is 237 g/mol. The highest BCUT2D eigenvalue weighted by molar-refractivity contribution is 5.85. The van der Waals surface area contributed by atoms with Crippen molar-refractivity contribution in [1.82, 2.24) is 10.3 Å². The Bertz CT molecular complexity index is 458. The molecule has 1 atom stereocenters. The van der Waals surface area contributed by atoms with Crippen LogP contribution in [0.5, 0.6) is 0 Å². The first-order valence-electron chi connectivity index (χ1n) is 5.74. The van der Waals surface area contributed by atoms with E-state index in [-0.39, 0.29) is 12.4 Å². The highest BCUT2D eigenvalue weighted by atomic mass is 35.5. The Morgan fingerprint density at radius 1 is 1.12 bits per heavy atom. The molecule has 1 aliphatic heterocycles. The maximum atomic E-state index is 3.60. The lowest BCUT2D eigenvalue weighted by Crippen LogP contribution is -2.26. The number of rotatable bonds is 1. The lowest BCUT2D eigenvalue weighted by atomic mass is 9.95. The van der Waals surface area contributed by atoms with E-state index in [1.54, 1.807) is 0 Å². The third-order valence-electron chi connectivity index (χ3n) is 3.31. The van der Waals surface area contributed by atoms with Crippen LogP contribution in [-0.4, -0.2) is 11.5 Å². The normalized spacial score (nSPS) is 20.6. The number of H-pyrrole nitrogens is 1. The van der Waals surface area contributed by atoms with E-state index in [9.17, 15) is 0 Å². The molecule has 2 nitrogen and oxygen atoms in total. The van der Waals surface area contributed by atoms with Gasteiger partial charge in [-0.2, -0.15) is 0 Å². The Labute approximate surface area is 102 Å². The smallest absolute Gasteiger partial charge is 0.0457 e. The third-order valence-corrected chi connectivity index (χ3v) is 3.31. The molecule has 0 bridgehead atoms. The van der Waals surface area contributed by atoms with Crippen LogP contribution in [0.15, 0.2) is 30.5 Å². The number of aromatic nitrogens is 1. The van der Waals surface area contributed by atoms with E-state index < -0.39 is 0 Å². The van der Waals surface area contributed by atoms with Crippen LogP contribution in [0.1, 0.15) is 30.9 Å². The number of piperidine rings is 1. The fourth-order valence-electron chi connectivity index (χ4n) is 2.53. The number of aromatic amines is 1. The van der Waals surface area contributed by atoms with Crippen molar-refractivity contribution in [2.75, 3.05) is 6.54 Å². The molecule has 1 saturated heterocycles. The molecule has 1 fully saturated rings. The predicted octanol–water partition coefficient (Wildman–Crippen LogP) is 3.40. The van der Waals surface area contributed by atoms with Gasteiger partial charge in [0.15, 0.2) is 0 Å². The van der Waals surface area contributed by atoms with Crippen LogP contribution in [0.3, 0.4) is 0 Å². The molecule has 2 heterocycles. The minimum Gasteiger partial charge on any atom is -0.361 e. The van der Waals surface area contributed by atoms with Gasteiger partial charge in [-0.05, 0) is 37.1 Å². The van der Waals surface area contributed by atoms with Gasteiger partial charge in [-0.1, -0.05) is 18.6 Å². The minimum atomic E-state index is 0. The molecule has 2 aromatic rings. The summed E-state index contributed by atoms with van der Waals surface area (Å²) in [5.74, 6) is 0. The first-order chi connectivity index (χ1) is 7.45. The molecule has 0 saturated carbocycles. The maximum absolute atomic E-state index is 3.60. The Hall–Kier alpha value is -0.990. The molecule has 16 heavy (non-hydrogen) atoms. The van der Waals surface area contributed by atoms with E-state index in [1.807, 2.05) is 6.20 Å². The van der Waals surface area contributed by atoms with Gasteiger partial charge in [0, 0.05) is 23.1 Å². The molecule has 0 aliphatic carbocycles. The molecule has 3 heteroatoms. The van der Waals surface area contributed by atoms with Crippen LogP contribution >= 0.6 is 12.4 Å². The summed E-state index contributed by atoms with van der Waals surface area (Å²) in [6.45, 7) is 1.16. The van der Waals surface area contributed by atoms with Crippen molar-refractivity contribution in [1.29, 1.82) is 0 Å². The van der Waals surface area contributed by atoms with Crippen LogP contribution in [0.25, 0.3) is 10.9 Å². The largest absolute Gasteiger partial charge is 0.361 e. The van der Waals surface area contributed by atoms with Crippen molar-refractivity contribution in [2.24, 2.45) is 0 Å². The molecule has 0 radical (unpaired) electrons. The Balaban J connectivity index is 0.000000963. The molecule has 1 aromatic carbocycles. The van der Waals surface area contributed by atoms with Crippen LogP contribution in [-0.2, 0) is 0 Å². The highest BCUT2D eigenvalue weighted by Gasteiger charge is 2.16. The molecule has 1 aromatic heterocycles. The summed E-state index contributed by atoms with van der Waals surface area (Å²) in [6, 6.07) is 9.27. The van der Waals surface area contributed by atoms with Crippen LogP contribution in [0, 0.1) is 0 Å². The monoisotopic (exact) mass is 236 g/mol. The van der Waals surface area contributed by atoms with E-state index in [4.69, 9.17) is 0 Å². The first kappa shape index (κ1) is 11.5. The van der Waals surface area contributed by atoms with Crippen molar-refractivity contribution in [3.05, 3.63) is 36.0 Å².